The summed E-state index contributed by atoms with van der Waals surface area (Å²) >= 11 is 0. The van der Waals surface area contributed by atoms with E-state index in [2.05, 4.69) is 19.9 Å². The summed E-state index contributed by atoms with van der Waals surface area (Å²) in [4.78, 5) is 0. The van der Waals surface area contributed by atoms with Crippen LogP contribution in [0.15, 0.2) is 11.6 Å². The molecule has 4 rings (SSSR count). The molecule has 3 saturated carbocycles. The Labute approximate surface area is 147 Å². The molecule has 0 heterocycles. The van der Waals surface area contributed by atoms with E-state index < -0.39 is 5.60 Å². The molecule has 0 spiro atoms. The van der Waals surface area contributed by atoms with Crippen molar-refractivity contribution in [3.05, 3.63) is 11.6 Å². The van der Waals surface area contributed by atoms with E-state index in [1.54, 1.807) is 5.57 Å². The van der Waals surface area contributed by atoms with Gasteiger partial charge in [0.05, 0.1) is 5.60 Å². The Morgan fingerprint density at radius 1 is 1.12 bits per heavy atom. The topological polar surface area (TPSA) is 40.5 Å². The number of allylic oxidation sites excluding steroid dienone is 1. The van der Waals surface area contributed by atoms with E-state index >= 15 is 0 Å². The number of hydrogen-bond donors (Lipinski definition) is 2. The minimum atomic E-state index is -0.465. The first kappa shape index (κ1) is 17.1. The van der Waals surface area contributed by atoms with Gasteiger partial charge in [0, 0.05) is 6.61 Å². The van der Waals surface area contributed by atoms with Crippen LogP contribution in [0, 0.1) is 40.9 Å². The van der Waals surface area contributed by atoms with Crippen LogP contribution >= 0.6 is 0 Å². The Hall–Kier alpha value is -0.340. The maximum atomic E-state index is 10.5. The smallest absolute Gasteiger partial charge is 0.0657 e. The van der Waals surface area contributed by atoms with Crippen molar-refractivity contribution >= 4 is 0 Å². The molecule has 8 atom stereocenters. The predicted molar refractivity (Wildman–Crippen MR) is 97.4 cm³/mol. The second-order valence-electron chi connectivity index (χ2n) is 10.2. The van der Waals surface area contributed by atoms with E-state index in [1.807, 2.05) is 6.92 Å². The Morgan fingerprint density at radius 3 is 2.67 bits per heavy atom. The zero-order valence-corrected chi connectivity index (χ0v) is 15.8. The lowest BCUT2D eigenvalue weighted by Gasteiger charge is -2.55. The highest BCUT2D eigenvalue weighted by atomic mass is 16.3. The monoisotopic (exact) mass is 332 g/mol. The van der Waals surface area contributed by atoms with Gasteiger partial charge in [0.2, 0.25) is 0 Å². The lowest BCUT2D eigenvalue weighted by atomic mass is 9.50. The molecule has 0 aromatic heterocycles. The average molecular weight is 333 g/mol. The summed E-state index contributed by atoms with van der Waals surface area (Å²) < 4.78 is 0. The van der Waals surface area contributed by atoms with Crippen LogP contribution in [0.25, 0.3) is 0 Å². The van der Waals surface area contributed by atoms with Crippen molar-refractivity contribution < 1.29 is 10.2 Å². The molecule has 136 valence electrons. The van der Waals surface area contributed by atoms with E-state index in [-0.39, 0.29) is 0 Å². The molecule has 2 N–H and O–H groups in total. The second-order valence-corrected chi connectivity index (χ2v) is 10.2. The van der Waals surface area contributed by atoms with Crippen molar-refractivity contribution in [3.8, 4) is 0 Å². The molecule has 1 unspecified atom stereocenters. The standard InChI is InChI=1S/C22H36O2/c1-14(13-23)19-6-7-20-18-5-4-15-12-21(2,24)10-8-16(15)17(18)9-11-22(19,20)3/h4,14,16-20,23-24H,5-13H2,1-3H3/t14?,16-,17+,18+,19+,20-,21-,22+/m0/s1. The normalized spacial score (nSPS) is 52.0. The van der Waals surface area contributed by atoms with Crippen molar-refractivity contribution in [1.29, 1.82) is 0 Å². The number of aliphatic hydroxyl groups excluding tert-OH is 1. The third-order valence-electron chi connectivity index (χ3n) is 8.76. The van der Waals surface area contributed by atoms with Crippen LogP contribution in [-0.4, -0.2) is 22.4 Å². The fourth-order valence-electron chi connectivity index (χ4n) is 7.57. The number of rotatable bonds is 2. The average Bonchev–Trinajstić information content (AvgIpc) is 2.90. The molecule has 24 heavy (non-hydrogen) atoms. The predicted octanol–water partition coefficient (Wildman–Crippen LogP) is 4.55. The van der Waals surface area contributed by atoms with Crippen LogP contribution in [0.3, 0.4) is 0 Å². The van der Waals surface area contributed by atoms with Gasteiger partial charge < -0.3 is 10.2 Å². The first-order chi connectivity index (χ1) is 11.4. The van der Waals surface area contributed by atoms with Crippen LogP contribution in [0.5, 0.6) is 0 Å². The summed E-state index contributed by atoms with van der Waals surface area (Å²) in [6, 6.07) is 0. The number of aliphatic hydroxyl groups is 2. The minimum absolute atomic E-state index is 0.350. The van der Waals surface area contributed by atoms with E-state index in [4.69, 9.17) is 0 Å². The molecule has 0 amide bonds. The lowest BCUT2D eigenvalue weighted by molar-refractivity contribution is -0.0436. The molecule has 0 aliphatic heterocycles. The number of hydrogen-bond acceptors (Lipinski definition) is 2. The molecule has 0 radical (unpaired) electrons. The van der Waals surface area contributed by atoms with Crippen molar-refractivity contribution in [2.24, 2.45) is 40.9 Å². The van der Waals surface area contributed by atoms with Gasteiger partial charge in [0.25, 0.3) is 0 Å². The Morgan fingerprint density at radius 2 is 1.92 bits per heavy atom. The summed E-state index contributed by atoms with van der Waals surface area (Å²) in [6.07, 6.45) is 12.3. The Kier molecular flexibility index (Phi) is 4.16. The van der Waals surface area contributed by atoms with Crippen LogP contribution in [0.4, 0.5) is 0 Å². The van der Waals surface area contributed by atoms with E-state index in [0.29, 0.717) is 23.9 Å². The molecule has 4 aliphatic rings. The zero-order valence-electron chi connectivity index (χ0n) is 15.8. The van der Waals surface area contributed by atoms with E-state index in [9.17, 15) is 10.2 Å². The van der Waals surface area contributed by atoms with Gasteiger partial charge in [-0.3, -0.25) is 0 Å². The molecule has 0 saturated heterocycles. The van der Waals surface area contributed by atoms with Crippen molar-refractivity contribution in [2.45, 2.75) is 77.7 Å². The van der Waals surface area contributed by atoms with Crippen molar-refractivity contribution in [2.75, 3.05) is 6.61 Å². The highest BCUT2D eigenvalue weighted by molar-refractivity contribution is 5.21. The van der Waals surface area contributed by atoms with Crippen LogP contribution in [0.1, 0.15) is 72.1 Å². The summed E-state index contributed by atoms with van der Waals surface area (Å²) in [5, 5.41) is 20.2. The molecular weight excluding hydrogens is 296 g/mol. The maximum Gasteiger partial charge on any atom is 0.0657 e. The van der Waals surface area contributed by atoms with Crippen LogP contribution in [0.2, 0.25) is 0 Å². The summed E-state index contributed by atoms with van der Waals surface area (Å²) in [5.74, 6) is 4.50. The minimum Gasteiger partial charge on any atom is -0.396 e. The maximum absolute atomic E-state index is 10.5. The highest BCUT2D eigenvalue weighted by Crippen LogP contribution is 2.64. The summed E-state index contributed by atoms with van der Waals surface area (Å²) in [7, 11) is 0. The Balaban J connectivity index is 1.58. The lowest BCUT2D eigenvalue weighted by Crippen LogP contribution is -2.48. The van der Waals surface area contributed by atoms with Gasteiger partial charge >= 0.3 is 0 Å². The Bertz CT molecular complexity index is 522. The molecule has 0 bridgehead atoms. The molecule has 4 aliphatic carbocycles. The largest absolute Gasteiger partial charge is 0.396 e. The molecular formula is C22H36O2. The van der Waals surface area contributed by atoms with E-state index in [0.717, 1.165) is 36.5 Å². The van der Waals surface area contributed by atoms with Gasteiger partial charge in [0.1, 0.15) is 0 Å². The summed E-state index contributed by atoms with van der Waals surface area (Å²) in [6.45, 7) is 7.17. The first-order valence-electron chi connectivity index (χ1n) is 10.4. The van der Waals surface area contributed by atoms with Gasteiger partial charge in [-0.25, -0.2) is 0 Å². The fourth-order valence-corrected chi connectivity index (χ4v) is 7.57. The van der Waals surface area contributed by atoms with Crippen LogP contribution < -0.4 is 0 Å². The second kappa shape index (κ2) is 5.84. The van der Waals surface area contributed by atoms with Gasteiger partial charge in [-0.05, 0) is 99.2 Å². The van der Waals surface area contributed by atoms with Gasteiger partial charge in [-0.15, -0.1) is 0 Å². The van der Waals surface area contributed by atoms with Crippen molar-refractivity contribution in [3.63, 3.8) is 0 Å². The SMILES string of the molecule is CC(CO)[C@H]1CC[C@H]2[C@@H]3CC=C4C[C@@](C)(O)CC[C@@H]4[C@H]3CC[C@]12C. The third kappa shape index (κ3) is 2.51. The number of fused-ring (bicyclic) bond motifs is 5. The molecule has 0 aromatic rings. The van der Waals surface area contributed by atoms with Gasteiger partial charge in [-0.2, -0.15) is 0 Å². The first-order valence-corrected chi connectivity index (χ1v) is 10.4. The van der Waals surface area contributed by atoms with Crippen molar-refractivity contribution in [1.82, 2.24) is 0 Å². The molecule has 2 nitrogen and oxygen atoms in total. The fraction of sp³-hybridized carbons (Fsp3) is 0.909. The quantitative estimate of drug-likeness (QED) is 0.728. The van der Waals surface area contributed by atoms with Crippen LogP contribution in [-0.2, 0) is 0 Å². The third-order valence-corrected chi connectivity index (χ3v) is 8.76. The summed E-state index contributed by atoms with van der Waals surface area (Å²) in [5.41, 5.74) is 1.57. The molecule has 2 heteroatoms. The highest BCUT2D eigenvalue weighted by Gasteiger charge is 2.56. The van der Waals surface area contributed by atoms with Gasteiger partial charge in [-0.1, -0.05) is 25.5 Å². The van der Waals surface area contributed by atoms with E-state index in [1.165, 1.54) is 38.5 Å². The van der Waals surface area contributed by atoms with Gasteiger partial charge in [0.15, 0.2) is 0 Å². The molecule has 3 fully saturated rings. The zero-order chi connectivity index (χ0) is 17.1. The molecule has 0 aromatic carbocycles.